The van der Waals surface area contributed by atoms with Crippen molar-refractivity contribution in [2.75, 3.05) is 18.0 Å². The van der Waals surface area contributed by atoms with Gasteiger partial charge in [-0.05, 0) is 31.7 Å². The van der Waals surface area contributed by atoms with Gasteiger partial charge in [-0.25, -0.2) is 14.8 Å². The molecule has 1 aliphatic heterocycles. The predicted molar refractivity (Wildman–Crippen MR) is 81.3 cm³/mol. The summed E-state index contributed by atoms with van der Waals surface area (Å²) in [6, 6.07) is 1.69. The minimum atomic E-state index is -4.60. The number of hydrogen-bond donors (Lipinski definition) is 2. The molecule has 2 heterocycles. The number of nitrogens with zero attached hydrogens (tertiary/aromatic N) is 3. The van der Waals surface area contributed by atoms with Crippen molar-refractivity contribution >= 4 is 11.9 Å². The first-order valence-electron chi connectivity index (χ1n) is 8.12. The number of halogens is 3. The van der Waals surface area contributed by atoms with E-state index in [4.69, 9.17) is 5.11 Å². The van der Waals surface area contributed by atoms with Crippen molar-refractivity contribution in [3.63, 3.8) is 0 Å². The van der Waals surface area contributed by atoms with Gasteiger partial charge in [0.15, 0.2) is 0 Å². The average molecular weight is 360 g/mol. The van der Waals surface area contributed by atoms with Crippen molar-refractivity contribution in [2.45, 2.75) is 50.1 Å². The molecule has 2 N–H and O–H groups in total. The number of rotatable bonds is 4. The summed E-state index contributed by atoms with van der Waals surface area (Å²) in [6.07, 6.45) is -2.98. The highest BCUT2D eigenvalue weighted by Gasteiger charge is 2.41. The summed E-state index contributed by atoms with van der Waals surface area (Å²) in [7, 11) is 0. The van der Waals surface area contributed by atoms with E-state index in [2.05, 4.69) is 20.0 Å². The molecule has 0 aromatic carbocycles. The lowest BCUT2D eigenvalue weighted by atomic mass is 9.81. The molecule has 1 aliphatic carbocycles. The van der Waals surface area contributed by atoms with Crippen molar-refractivity contribution in [3.05, 3.63) is 18.1 Å². The molecule has 0 atom stereocenters. The number of alkyl halides is 3. The average Bonchev–Trinajstić information content (AvgIpc) is 2.50. The van der Waals surface area contributed by atoms with Crippen LogP contribution in [0.5, 0.6) is 0 Å². The molecule has 1 saturated heterocycles. The summed E-state index contributed by atoms with van der Waals surface area (Å²) >= 11 is 0. The van der Waals surface area contributed by atoms with Crippen LogP contribution >= 0.6 is 0 Å². The van der Waals surface area contributed by atoms with Crippen LogP contribution in [0.1, 0.15) is 37.4 Å². The van der Waals surface area contributed by atoms with Crippen molar-refractivity contribution in [3.8, 4) is 0 Å². The normalized spacial score (nSPS) is 24.7. The second-order valence-corrected chi connectivity index (χ2v) is 6.34. The lowest BCUT2D eigenvalue weighted by Crippen LogP contribution is -2.44. The second kappa shape index (κ2) is 7.03. The van der Waals surface area contributed by atoms with Gasteiger partial charge in [-0.1, -0.05) is 0 Å². The van der Waals surface area contributed by atoms with Gasteiger partial charge in [0.05, 0.1) is 6.10 Å². The fourth-order valence-electron chi connectivity index (χ4n) is 3.23. The smallest absolute Gasteiger partial charge is 0.465 e. The molecule has 2 aliphatic rings. The SMILES string of the molecule is O=C(O)NC1CCN(c2ccnc(C3CC(OC(F)(F)F)C3)n2)CC1. The maximum atomic E-state index is 12.2. The largest absolute Gasteiger partial charge is 0.522 e. The van der Waals surface area contributed by atoms with Gasteiger partial charge in [0.25, 0.3) is 0 Å². The van der Waals surface area contributed by atoms with Crippen LogP contribution in [0.15, 0.2) is 12.3 Å². The summed E-state index contributed by atoms with van der Waals surface area (Å²) in [6.45, 7) is 1.32. The number of anilines is 1. The Hall–Kier alpha value is -2.10. The van der Waals surface area contributed by atoms with Gasteiger partial charge in [0.2, 0.25) is 0 Å². The zero-order valence-corrected chi connectivity index (χ0v) is 13.4. The van der Waals surface area contributed by atoms with Gasteiger partial charge in [0.1, 0.15) is 11.6 Å². The first-order chi connectivity index (χ1) is 11.8. The number of hydrogen-bond acceptors (Lipinski definition) is 5. The molecule has 1 aromatic heterocycles. The zero-order valence-electron chi connectivity index (χ0n) is 13.4. The van der Waals surface area contributed by atoms with E-state index >= 15 is 0 Å². The Bertz CT molecular complexity index is 614. The molecular weight excluding hydrogens is 341 g/mol. The van der Waals surface area contributed by atoms with E-state index in [0.717, 1.165) is 5.82 Å². The fraction of sp³-hybridized carbons (Fsp3) is 0.667. The Morgan fingerprint density at radius 3 is 2.60 bits per heavy atom. The number of carbonyl (C=O) groups is 1. The van der Waals surface area contributed by atoms with Gasteiger partial charge in [-0.15, -0.1) is 13.2 Å². The third kappa shape index (κ3) is 4.71. The second-order valence-electron chi connectivity index (χ2n) is 6.34. The van der Waals surface area contributed by atoms with Crippen LogP contribution in [0.2, 0.25) is 0 Å². The molecule has 25 heavy (non-hydrogen) atoms. The Kier molecular flexibility index (Phi) is 4.98. The van der Waals surface area contributed by atoms with Crippen LogP contribution in [-0.2, 0) is 4.74 Å². The topological polar surface area (TPSA) is 87.6 Å². The van der Waals surface area contributed by atoms with Gasteiger partial charge in [-0.3, -0.25) is 4.74 Å². The van der Waals surface area contributed by atoms with Gasteiger partial charge in [0, 0.05) is 31.2 Å². The molecule has 7 nitrogen and oxygen atoms in total. The Morgan fingerprint density at radius 1 is 1.32 bits per heavy atom. The van der Waals surface area contributed by atoms with Gasteiger partial charge in [-0.2, -0.15) is 0 Å². The first kappa shape index (κ1) is 17.7. The first-order valence-corrected chi connectivity index (χ1v) is 8.12. The fourth-order valence-corrected chi connectivity index (χ4v) is 3.23. The van der Waals surface area contributed by atoms with E-state index in [1.807, 2.05) is 4.90 Å². The van der Waals surface area contributed by atoms with Gasteiger partial charge >= 0.3 is 12.5 Å². The molecule has 10 heteroatoms. The van der Waals surface area contributed by atoms with Crippen LogP contribution < -0.4 is 10.2 Å². The molecule has 1 saturated carbocycles. The number of nitrogens with one attached hydrogen (secondary N) is 1. The van der Waals surface area contributed by atoms with E-state index in [-0.39, 0.29) is 24.8 Å². The molecule has 0 spiro atoms. The monoisotopic (exact) mass is 360 g/mol. The van der Waals surface area contributed by atoms with E-state index < -0.39 is 18.6 Å². The van der Waals surface area contributed by atoms with Crippen molar-refractivity contribution in [2.24, 2.45) is 0 Å². The summed E-state index contributed by atoms with van der Waals surface area (Å²) < 4.78 is 40.5. The number of ether oxygens (including phenoxy) is 1. The zero-order chi connectivity index (χ0) is 18.0. The number of piperidine rings is 1. The van der Waals surface area contributed by atoms with Gasteiger partial charge < -0.3 is 15.3 Å². The molecule has 0 radical (unpaired) electrons. The Labute approximate surface area is 142 Å². The quantitative estimate of drug-likeness (QED) is 0.858. The van der Waals surface area contributed by atoms with E-state index in [1.165, 1.54) is 0 Å². The molecule has 138 valence electrons. The number of amides is 1. The standard InChI is InChI=1S/C15H19F3N4O3/c16-15(17,18)25-11-7-9(8-11)13-19-4-1-12(21-13)22-5-2-10(3-6-22)20-14(23)24/h1,4,9-11,20H,2-3,5-8H2,(H,23,24). The van der Waals surface area contributed by atoms with Crippen LogP contribution in [-0.4, -0.2) is 52.8 Å². The lowest BCUT2D eigenvalue weighted by Gasteiger charge is -2.35. The number of aromatic nitrogens is 2. The highest BCUT2D eigenvalue weighted by atomic mass is 19.4. The molecule has 0 unspecified atom stereocenters. The van der Waals surface area contributed by atoms with Crippen molar-refractivity contribution < 1.29 is 27.8 Å². The van der Waals surface area contributed by atoms with Crippen LogP contribution in [0.4, 0.5) is 23.8 Å². The minimum Gasteiger partial charge on any atom is -0.465 e. The maximum Gasteiger partial charge on any atom is 0.522 e. The summed E-state index contributed by atoms with van der Waals surface area (Å²) in [5, 5.41) is 11.2. The van der Waals surface area contributed by atoms with Crippen LogP contribution in [0, 0.1) is 0 Å². The molecule has 1 amide bonds. The minimum absolute atomic E-state index is 0.0676. The van der Waals surface area contributed by atoms with Crippen LogP contribution in [0.3, 0.4) is 0 Å². The third-order valence-corrected chi connectivity index (χ3v) is 4.57. The van der Waals surface area contributed by atoms with Crippen molar-refractivity contribution in [1.29, 1.82) is 0 Å². The molecular formula is C15H19F3N4O3. The summed E-state index contributed by atoms with van der Waals surface area (Å²) in [4.78, 5) is 21.4. The van der Waals surface area contributed by atoms with E-state index in [9.17, 15) is 18.0 Å². The van der Waals surface area contributed by atoms with E-state index in [0.29, 0.717) is 31.8 Å². The Balaban J connectivity index is 1.54. The van der Waals surface area contributed by atoms with Crippen molar-refractivity contribution in [1.82, 2.24) is 15.3 Å². The summed E-state index contributed by atoms with van der Waals surface area (Å²) in [5.41, 5.74) is 0. The molecule has 1 aromatic rings. The van der Waals surface area contributed by atoms with E-state index in [1.54, 1.807) is 12.3 Å². The summed E-state index contributed by atoms with van der Waals surface area (Å²) in [5.74, 6) is 1.13. The molecule has 3 rings (SSSR count). The van der Waals surface area contributed by atoms with Crippen LogP contribution in [0.25, 0.3) is 0 Å². The highest BCUT2D eigenvalue weighted by molar-refractivity contribution is 5.64. The maximum absolute atomic E-state index is 12.2. The third-order valence-electron chi connectivity index (χ3n) is 4.57. The predicted octanol–water partition coefficient (Wildman–Crippen LogP) is 2.50. The molecule has 0 bridgehead atoms. The Morgan fingerprint density at radius 2 is 2.00 bits per heavy atom. The lowest BCUT2D eigenvalue weighted by molar-refractivity contribution is -0.352. The number of carboxylic acid groups (broad SMARTS) is 1. The molecule has 2 fully saturated rings. The highest BCUT2D eigenvalue weighted by Crippen LogP contribution is 2.40.